The first kappa shape index (κ1) is 25.4. The molecule has 0 aromatic heterocycles. The molecule has 0 unspecified atom stereocenters. The van der Waals surface area contributed by atoms with Crippen molar-refractivity contribution in [1.82, 2.24) is 5.01 Å². The second kappa shape index (κ2) is 10.1. The van der Waals surface area contributed by atoms with Crippen LogP contribution in [0.5, 0.6) is 11.5 Å². The predicted molar refractivity (Wildman–Crippen MR) is 145 cm³/mol. The number of amides is 1. The van der Waals surface area contributed by atoms with Gasteiger partial charge in [-0.3, -0.25) is 10.2 Å². The van der Waals surface area contributed by atoms with Crippen LogP contribution in [0.3, 0.4) is 0 Å². The molecule has 0 radical (unpaired) electrons. The number of hydrogen-bond acceptors (Lipinski definition) is 8. The first-order valence-electron chi connectivity index (χ1n) is 10.5. The van der Waals surface area contributed by atoms with Gasteiger partial charge in [-0.05, 0) is 90.0 Å². The monoisotopic (exact) mass is 624 g/mol. The highest BCUT2D eigenvalue weighted by molar-refractivity contribution is 14.1. The Morgan fingerprint density at radius 1 is 1.23 bits per heavy atom. The number of rotatable bonds is 7. The number of ether oxygens (including phenoxy) is 1. The summed E-state index contributed by atoms with van der Waals surface area (Å²) in [6.07, 6.45) is 3.14. The average molecular weight is 624 g/mol. The third-order valence-electron chi connectivity index (χ3n) is 5.03. The molecule has 35 heavy (non-hydrogen) atoms. The molecule has 0 atom stereocenters. The minimum absolute atomic E-state index is 0.0218. The molecule has 0 bridgehead atoms. The zero-order chi connectivity index (χ0) is 25.3. The Hall–Kier alpha value is -2.71. The predicted octanol–water partition coefficient (Wildman–Crippen LogP) is 4.80. The number of hydrogen-bond donors (Lipinski definition) is 1. The molecule has 9 nitrogen and oxygen atoms in total. The summed E-state index contributed by atoms with van der Waals surface area (Å²) in [5.74, 6) is -0.419. The van der Waals surface area contributed by atoms with Gasteiger partial charge in [-0.2, -0.15) is 23.5 Å². The van der Waals surface area contributed by atoms with Gasteiger partial charge in [-0.25, -0.2) is 0 Å². The van der Waals surface area contributed by atoms with Gasteiger partial charge in [0.2, 0.25) is 5.17 Å². The largest absolute Gasteiger partial charge is 0.493 e. The standard InChI is InChI=1S/C23H21IN4O5S2/c1-4-5-19-27-28-21(25)16(22(29)26-23(28)34-19)10-14-11-17(24)20(18(12-14)32-3)33-35(30,31)15-8-6-13(2)7-9-15/h6-12,25H,4-5H2,1-3H3. The van der Waals surface area contributed by atoms with Crippen LogP contribution >= 0.6 is 34.4 Å². The highest BCUT2D eigenvalue weighted by Crippen LogP contribution is 2.37. The number of carbonyl (C=O) groups excluding carboxylic acids is 1. The Morgan fingerprint density at radius 3 is 2.60 bits per heavy atom. The van der Waals surface area contributed by atoms with Crippen molar-refractivity contribution in [3.8, 4) is 11.5 Å². The molecule has 0 aliphatic carbocycles. The van der Waals surface area contributed by atoms with Crippen molar-refractivity contribution in [2.45, 2.75) is 31.6 Å². The van der Waals surface area contributed by atoms with E-state index in [0.717, 1.165) is 23.4 Å². The summed E-state index contributed by atoms with van der Waals surface area (Å²) in [5, 5.41) is 15.4. The average Bonchev–Trinajstić information content (AvgIpc) is 3.21. The molecule has 4 rings (SSSR count). The number of aliphatic imine (C=N–C) groups is 1. The van der Waals surface area contributed by atoms with Crippen LogP contribution in [0.4, 0.5) is 0 Å². The Morgan fingerprint density at radius 2 is 1.94 bits per heavy atom. The Labute approximate surface area is 221 Å². The van der Waals surface area contributed by atoms with E-state index in [2.05, 4.69) is 10.1 Å². The molecule has 2 aromatic rings. The van der Waals surface area contributed by atoms with Crippen LogP contribution in [0.15, 0.2) is 57.0 Å². The zero-order valence-corrected chi connectivity index (χ0v) is 22.8. The summed E-state index contributed by atoms with van der Waals surface area (Å²) in [7, 11) is -2.70. The maximum atomic E-state index is 12.8. The molecule has 2 aromatic carbocycles. The van der Waals surface area contributed by atoms with E-state index in [1.807, 2.05) is 36.4 Å². The van der Waals surface area contributed by atoms with E-state index >= 15 is 0 Å². The smallest absolute Gasteiger partial charge is 0.339 e. The topological polar surface area (TPSA) is 121 Å². The lowest BCUT2D eigenvalue weighted by Crippen LogP contribution is -2.35. The van der Waals surface area contributed by atoms with E-state index in [9.17, 15) is 13.2 Å². The SMILES string of the molecule is CCCC1=NN2C(=N)C(=Cc3cc(I)c(OS(=O)(=O)c4ccc(C)cc4)c(OC)c3)C(=O)N=C2S1. The molecule has 182 valence electrons. The molecule has 0 fully saturated rings. The van der Waals surface area contributed by atoms with Crippen molar-refractivity contribution in [2.75, 3.05) is 7.11 Å². The molecule has 1 N–H and O–H groups in total. The summed E-state index contributed by atoms with van der Waals surface area (Å²) >= 11 is 3.23. The summed E-state index contributed by atoms with van der Waals surface area (Å²) < 4.78 is 36.9. The van der Waals surface area contributed by atoms with Crippen LogP contribution in [-0.2, 0) is 14.9 Å². The van der Waals surface area contributed by atoms with Gasteiger partial charge in [0.25, 0.3) is 5.91 Å². The lowest BCUT2D eigenvalue weighted by Gasteiger charge is -2.20. The molecule has 12 heteroatoms. The van der Waals surface area contributed by atoms with E-state index in [4.69, 9.17) is 14.3 Å². The summed E-state index contributed by atoms with van der Waals surface area (Å²) in [4.78, 5) is 16.8. The van der Waals surface area contributed by atoms with Crippen molar-refractivity contribution in [1.29, 1.82) is 5.41 Å². The molecule has 1 amide bonds. The van der Waals surface area contributed by atoms with Gasteiger partial charge in [0.05, 0.1) is 16.3 Å². The van der Waals surface area contributed by atoms with Crippen molar-refractivity contribution in [2.24, 2.45) is 10.1 Å². The molecule has 0 saturated carbocycles. The van der Waals surface area contributed by atoms with Gasteiger partial charge in [0.15, 0.2) is 17.3 Å². The van der Waals surface area contributed by atoms with E-state index in [-0.39, 0.29) is 27.8 Å². The van der Waals surface area contributed by atoms with Crippen LogP contribution in [0.25, 0.3) is 6.08 Å². The van der Waals surface area contributed by atoms with Gasteiger partial charge in [-0.1, -0.05) is 24.6 Å². The number of nitrogens with one attached hydrogen (secondary N) is 1. The minimum atomic E-state index is -4.09. The van der Waals surface area contributed by atoms with Crippen LogP contribution in [-0.4, -0.2) is 42.5 Å². The lowest BCUT2D eigenvalue weighted by atomic mass is 10.1. The van der Waals surface area contributed by atoms with Gasteiger partial charge in [-0.15, -0.1) is 0 Å². The van der Waals surface area contributed by atoms with Gasteiger partial charge >= 0.3 is 10.1 Å². The number of benzene rings is 2. The molecular formula is C23H21IN4O5S2. The number of hydrazone groups is 1. The first-order valence-corrected chi connectivity index (χ1v) is 13.8. The normalized spacial score (nSPS) is 16.8. The second-order valence-electron chi connectivity index (χ2n) is 7.65. The first-order chi connectivity index (χ1) is 16.6. The molecule has 2 aliphatic heterocycles. The molecule has 2 heterocycles. The third-order valence-corrected chi connectivity index (χ3v) is 8.03. The van der Waals surface area contributed by atoms with Crippen LogP contribution < -0.4 is 8.92 Å². The summed E-state index contributed by atoms with van der Waals surface area (Å²) in [6, 6.07) is 9.50. The van der Waals surface area contributed by atoms with Crippen molar-refractivity contribution in [3.05, 3.63) is 56.7 Å². The quantitative estimate of drug-likeness (QED) is 0.267. The zero-order valence-electron chi connectivity index (χ0n) is 19.0. The Kier molecular flexibility index (Phi) is 7.33. The van der Waals surface area contributed by atoms with E-state index in [1.165, 1.54) is 42.1 Å². The van der Waals surface area contributed by atoms with E-state index < -0.39 is 16.0 Å². The van der Waals surface area contributed by atoms with Crippen molar-refractivity contribution in [3.63, 3.8) is 0 Å². The fourth-order valence-electron chi connectivity index (χ4n) is 3.28. The Bertz CT molecular complexity index is 1420. The number of amidine groups is 2. The summed E-state index contributed by atoms with van der Waals surface area (Å²) in [5.41, 5.74) is 1.50. The highest BCUT2D eigenvalue weighted by Gasteiger charge is 2.35. The molecular weight excluding hydrogens is 603 g/mol. The third kappa shape index (κ3) is 5.28. The fourth-order valence-corrected chi connectivity index (χ4v) is 6.11. The lowest BCUT2D eigenvalue weighted by molar-refractivity contribution is -0.114. The number of halogens is 1. The van der Waals surface area contributed by atoms with E-state index in [1.54, 1.807) is 24.3 Å². The van der Waals surface area contributed by atoms with Crippen molar-refractivity contribution < 1.29 is 22.1 Å². The minimum Gasteiger partial charge on any atom is -0.493 e. The Balaban J connectivity index is 1.66. The maximum absolute atomic E-state index is 12.8. The number of nitrogens with zero attached hydrogens (tertiary/aromatic N) is 3. The molecule has 0 spiro atoms. The van der Waals surface area contributed by atoms with Gasteiger partial charge in [0.1, 0.15) is 9.94 Å². The molecule has 2 aliphatic rings. The number of thioether (sulfide) groups is 1. The van der Waals surface area contributed by atoms with Crippen LogP contribution in [0, 0.1) is 15.9 Å². The second-order valence-corrected chi connectivity index (χ2v) is 11.4. The number of carbonyl (C=O) groups is 1. The number of fused-ring (bicyclic) bond motifs is 1. The summed E-state index contributed by atoms with van der Waals surface area (Å²) in [6.45, 7) is 3.89. The number of aryl methyl sites for hydroxylation is 1. The molecule has 0 saturated heterocycles. The van der Waals surface area contributed by atoms with Gasteiger partial charge in [0, 0.05) is 0 Å². The fraction of sp³-hybridized carbons (Fsp3) is 0.217. The van der Waals surface area contributed by atoms with Crippen LogP contribution in [0.1, 0.15) is 30.9 Å². The number of methoxy groups -OCH3 is 1. The van der Waals surface area contributed by atoms with Crippen molar-refractivity contribution >= 4 is 72.5 Å². The van der Waals surface area contributed by atoms with E-state index in [0.29, 0.717) is 14.3 Å². The maximum Gasteiger partial charge on any atom is 0.339 e. The van der Waals surface area contributed by atoms with Crippen LogP contribution in [0.2, 0.25) is 0 Å². The van der Waals surface area contributed by atoms with Gasteiger partial charge < -0.3 is 8.92 Å². The highest BCUT2D eigenvalue weighted by atomic mass is 127.